The number of nitrogens with one attached hydrogen (secondary N) is 1. The number of carbonyl (C=O) groups excluding carboxylic acids is 1. The lowest BCUT2D eigenvalue weighted by Crippen LogP contribution is -2.44. The molecule has 2 N–H and O–H groups in total. The van der Waals surface area contributed by atoms with E-state index in [1.165, 1.54) is 0 Å². The largest absolute Gasteiger partial charge is 0.392 e. The van der Waals surface area contributed by atoms with Gasteiger partial charge in [-0.2, -0.15) is 0 Å². The Morgan fingerprint density at radius 1 is 1.44 bits per heavy atom. The summed E-state index contributed by atoms with van der Waals surface area (Å²) in [7, 11) is 0. The van der Waals surface area contributed by atoms with Crippen molar-refractivity contribution in [3.63, 3.8) is 0 Å². The van der Waals surface area contributed by atoms with E-state index in [1.54, 1.807) is 6.92 Å². The summed E-state index contributed by atoms with van der Waals surface area (Å²) in [5.41, 5.74) is 0. The molecule has 1 amide bonds. The fourth-order valence-corrected chi connectivity index (χ4v) is 2.45. The summed E-state index contributed by atoms with van der Waals surface area (Å²) >= 11 is 0. The van der Waals surface area contributed by atoms with Gasteiger partial charge in [0.2, 0.25) is 5.91 Å². The Labute approximate surface area is 98.0 Å². The Morgan fingerprint density at radius 3 is 2.44 bits per heavy atom. The van der Waals surface area contributed by atoms with Crippen molar-refractivity contribution in [2.45, 2.75) is 45.8 Å². The second-order valence-electron chi connectivity index (χ2n) is 4.98. The molecule has 0 spiro atoms. The minimum atomic E-state index is -0.246. The molecule has 0 aromatic heterocycles. The van der Waals surface area contributed by atoms with Gasteiger partial charge in [-0.25, -0.2) is 0 Å². The second-order valence-corrected chi connectivity index (χ2v) is 4.98. The molecule has 1 aliphatic rings. The lowest BCUT2D eigenvalue weighted by molar-refractivity contribution is -0.120. The van der Waals surface area contributed by atoms with Crippen molar-refractivity contribution in [1.82, 2.24) is 10.2 Å². The second kappa shape index (κ2) is 6.21. The van der Waals surface area contributed by atoms with Crippen molar-refractivity contribution in [2.75, 3.05) is 19.6 Å². The third-order valence-electron chi connectivity index (χ3n) is 3.29. The van der Waals surface area contributed by atoms with Crippen molar-refractivity contribution < 1.29 is 9.90 Å². The van der Waals surface area contributed by atoms with Crippen molar-refractivity contribution in [1.29, 1.82) is 0 Å². The van der Waals surface area contributed by atoms with Crippen LogP contribution in [0.5, 0.6) is 0 Å². The summed E-state index contributed by atoms with van der Waals surface area (Å²) in [6.07, 6.45) is 1.96. The van der Waals surface area contributed by atoms with Gasteiger partial charge >= 0.3 is 0 Å². The van der Waals surface area contributed by atoms with Gasteiger partial charge in [-0.3, -0.25) is 4.79 Å². The number of rotatable bonds is 4. The molecule has 1 heterocycles. The highest BCUT2D eigenvalue weighted by Gasteiger charge is 2.24. The Bertz CT molecular complexity index is 223. The molecule has 2 unspecified atom stereocenters. The van der Waals surface area contributed by atoms with Gasteiger partial charge in [0.1, 0.15) is 0 Å². The molecule has 1 saturated heterocycles. The summed E-state index contributed by atoms with van der Waals surface area (Å²) in [6.45, 7) is 8.29. The summed E-state index contributed by atoms with van der Waals surface area (Å²) in [4.78, 5) is 13.2. The molecule has 1 rings (SSSR count). The maximum atomic E-state index is 11.0. The number of amides is 1. The van der Waals surface area contributed by atoms with Crippen LogP contribution in [0.15, 0.2) is 0 Å². The minimum Gasteiger partial charge on any atom is -0.392 e. The van der Waals surface area contributed by atoms with E-state index in [1.807, 2.05) is 6.92 Å². The van der Waals surface area contributed by atoms with Gasteiger partial charge in [0, 0.05) is 19.5 Å². The van der Waals surface area contributed by atoms with E-state index in [4.69, 9.17) is 0 Å². The molecule has 2 atom stereocenters. The zero-order chi connectivity index (χ0) is 12.1. The number of aliphatic hydroxyl groups is 1. The first-order valence-electron chi connectivity index (χ1n) is 6.16. The normalized spacial score (nSPS) is 22.8. The van der Waals surface area contributed by atoms with Crippen molar-refractivity contribution in [2.24, 2.45) is 5.92 Å². The van der Waals surface area contributed by atoms with Crippen LogP contribution >= 0.6 is 0 Å². The van der Waals surface area contributed by atoms with E-state index >= 15 is 0 Å². The molecule has 0 aliphatic carbocycles. The predicted molar refractivity (Wildman–Crippen MR) is 64.1 cm³/mol. The van der Waals surface area contributed by atoms with Crippen LogP contribution in [0.3, 0.4) is 0 Å². The number of nitrogens with zero attached hydrogens (tertiary/aromatic N) is 1. The topological polar surface area (TPSA) is 52.6 Å². The molecular weight excluding hydrogens is 204 g/mol. The van der Waals surface area contributed by atoms with Gasteiger partial charge in [-0.1, -0.05) is 0 Å². The summed E-state index contributed by atoms with van der Waals surface area (Å²) < 4.78 is 0. The Morgan fingerprint density at radius 2 is 2.00 bits per heavy atom. The molecule has 4 heteroatoms. The molecule has 1 fully saturated rings. The van der Waals surface area contributed by atoms with Gasteiger partial charge < -0.3 is 15.3 Å². The third-order valence-corrected chi connectivity index (χ3v) is 3.29. The van der Waals surface area contributed by atoms with Crippen LogP contribution in [-0.4, -0.2) is 47.7 Å². The zero-order valence-electron chi connectivity index (χ0n) is 10.6. The van der Waals surface area contributed by atoms with Crippen LogP contribution < -0.4 is 5.32 Å². The Hall–Kier alpha value is -0.610. The lowest BCUT2D eigenvalue weighted by Gasteiger charge is -2.35. The summed E-state index contributed by atoms with van der Waals surface area (Å²) in [5, 5.41) is 12.3. The van der Waals surface area contributed by atoms with E-state index in [-0.39, 0.29) is 18.1 Å². The van der Waals surface area contributed by atoms with Gasteiger partial charge in [-0.15, -0.1) is 0 Å². The van der Waals surface area contributed by atoms with Crippen molar-refractivity contribution in [3.05, 3.63) is 0 Å². The molecule has 1 aliphatic heterocycles. The highest BCUT2D eigenvalue weighted by molar-refractivity contribution is 5.73. The van der Waals surface area contributed by atoms with Crippen LogP contribution in [0, 0.1) is 5.92 Å². The van der Waals surface area contributed by atoms with Crippen LogP contribution in [0.2, 0.25) is 0 Å². The number of aliphatic hydroxyl groups excluding tert-OH is 1. The highest BCUT2D eigenvalue weighted by Crippen LogP contribution is 2.20. The zero-order valence-corrected chi connectivity index (χ0v) is 10.6. The average Bonchev–Trinajstić information content (AvgIpc) is 2.16. The average molecular weight is 228 g/mol. The SMILES string of the molecule is CC(=O)NC(C)C1CCN(CC(C)O)CC1. The van der Waals surface area contributed by atoms with E-state index in [9.17, 15) is 9.90 Å². The number of likely N-dealkylation sites (tertiary alicyclic amines) is 1. The van der Waals surface area contributed by atoms with E-state index in [0.29, 0.717) is 5.92 Å². The molecule has 4 nitrogen and oxygen atoms in total. The third kappa shape index (κ3) is 4.49. The quantitative estimate of drug-likeness (QED) is 0.741. The highest BCUT2D eigenvalue weighted by atomic mass is 16.3. The lowest BCUT2D eigenvalue weighted by atomic mass is 9.90. The van der Waals surface area contributed by atoms with E-state index in [2.05, 4.69) is 17.1 Å². The summed E-state index contributed by atoms with van der Waals surface area (Å²) in [5.74, 6) is 0.632. The molecule has 0 aromatic carbocycles. The standard InChI is InChI=1S/C12H24N2O2/c1-9(15)8-14-6-4-12(5-7-14)10(2)13-11(3)16/h9-10,12,15H,4-8H2,1-3H3,(H,13,16). The number of hydrogen-bond donors (Lipinski definition) is 2. The van der Waals surface area contributed by atoms with Crippen LogP contribution in [0.25, 0.3) is 0 Å². The monoisotopic (exact) mass is 228 g/mol. The summed E-state index contributed by atoms with van der Waals surface area (Å²) in [6, 6.07) is 0.270. The molecule has 0 bridgehead atoms. The van der Waals surface area contributed by atoms with Gasteiger partial charge in [0.05, 0.1) is 6.10 Å². The molecule has 0 aromatic rings. The number of hydrogen-bond acceptors (Lipinski definition) is 3. The van der Waals surface area contributed by atoms with Gasteiger partial charge in [0.15, 0.2) is 0 Å². The van der Waals surface area contributed by atoms with E-state index < -0.39 is 0 Å². The van der Waals surface area contributed by atoms with Crippen LogP contribution in [0.4, 0.5) is 0 Å². The number of piperidine rings is 1. The van der Waals surface area contributed by atoms with Gasteiger partial charge in [-0.05, 0) is 45.7 Å². The van der Waals surface area contributed by atoms with Crippen molar-refractivity contribution in [3.8, 4) is 0 Å². The number of β-amino-alcohol motifs (C(OH)–C–C–N with tert-alkyl or cyclic N) is 1. The Balaban J connectivity index is 2.28. The van der Waals surface area contributed by atoms with Gasteiger partial charge in [0.25, 0.3) is 0 Å². The number of carbonyl (C=O) groups is 1. The first-order valence-corrected chi connectivity index (χ1v) is 6.16. The molecule has 0 radical (unpaired) electrons. The van der Waals surface area contributed by atoms with Crippen molar-refractivity contribution >= 4 is 5.91 Å². The fraction of sp³-hybridized carbons (Fsp3) is 0.917. The molecule has 16 heavy (non-hydrogen) atoms. The molecule has 94 valence electrons. The Kier molecular flexibility index (Phi) is 5.22. The van der Waals surface area contributed by atoms with Crippen LogP contribution in [0.1, 0.15) is 33.6 Å². The van der Waals surface area contributed by atoms with Crippen LogP contribution in [-0.2, 0) is 4.79 Å². The first-order chi connectivity index (χ1) is 7.49. The maximum Gasteiger partial charge on any atom is 0.217 e. The smallest absolute Gasteiger partial charge is 0.217 e. The molecule has 0 saturated carbocycles. The predicted octanol–water partition coefficient (Wildman–Crippen LogP) is 0.604. The maximum absolute atomic E-state index is 11.0. The minimum absolute atomic E-state index is 0.0545. The fourth-order valence-electron chi connectivity index (χ4n) is 2.45. The molecular formula is C12H24N2O2. The van der Waals surface area contributed by atoms with E-state index in [0.717, 1.165) is 32.5 Å². The first kappa shape index (κ1) is 13.5.